The lowest BCUT2D eigenvalue weighted by Gasteiger charge is -2.03. The van der Waals surface area contributed by atoms with Gasteiger partial charge >= 0.3 is 5.97 Å². The van der Waals surface area contributed by atoms with Crippen molar-refractivity contribution >= 4 is 5.97 Å². The first-order valence-electron chi connectivity index (χ1n) is 4.61. The van der Waals surface area contributed by atoms with Gasteiger partial charge in [0.25, 0.3) is 0 Å². The SMILES string of the molecule is CCOC(=O)C=C(C)COCCOC. The quantitative estimate of drug-likeness (QED) is 0.353. The maximum atomic E-state index is 11.0. The Morgan fingerprint density at radius 3 is 2.64 bits per heavy atom. The summed E-state index contributed by atoms with van der Waals surface area (Å²) in [6, 6.07) is 0. The van der Waals surface area contributed by atoms with Crippen molar-refractivity contribution in [1.82, 2.24) is 0 Å². The first-order chi connectivity index (χ1) is 6.70. The van der Waals surface area contributed by atoms with Crippen LogP contribution in [-0.2, 0) is 19.0 Å². The normalized spacial score (nSPS) is 11.5. The average molecular weight is 202 g/mol. The molecule has 0 fully saturated rings. The molecule has 0 saturated carbocycles. The molecule has 0 heterocycles. The van der Waals surface area contributed by atoms with Crippen LogP contribution in [0.25, 0.3) is 0 Å². The number of rotatable bonds is 7. The molecule has 0 bridgehead atoms. The van der Waals surface area contributed by atoms with E-state index >= 15 is 0 Å². The predicted octanol–water partition coefficient (Wildman–Crippen LogP) is 1.16. The number of carbonyl (C=O) groups is 1. The molecule has 82 valence electrons. The molecule has 0 saturated heterocycles. The Kier molecular flexibility index (Phi) is 8.17. The van der Waals surface area contributed by atoms with E-state index in [1.165, 1.54) is 6.08 Å². The van der Waals surface area contributed by atoms with Gasteiger partial charge in [0.2, 0.25) is 0 Å². The summed E-state index contributed by atoms with van der Waals surface area (Å²) in [7, 11) is 1.62. The van der Waals surface area contributed by atoms with Gasteiger partial charge < -0.3 is 14.2 Å². The molecule has 0 aliphatic carbocycles. The van der Waals surface area contributed by atoms with E-state index in [2.05, 4.69) is 0 Å². The van der Waals surface area contributed by atoms with E-state index in [1.54, 1.807) is 14.0 Å². The monoisotopic (exact) mass is 202 g/mol. The van der Waals surface area contributed by atoms with Crippen LogP contribution in [0.2, 0.25) is 0 Å². The van der Waals surface area contributed by atoms with Crippen molar-refractivity contribution in [2.75, 3.05) is 33.5 Å². The summed E-state index contributed by atoms with van der Waals surface area (Å²) in [5.74, 6) is -0.319. The molecular formula is C10H18O4. The third kappa shape index (κ3) is 7.76. The maximum Gasteiger partial charge on any atom is 0.330 e. The summed E-state index contributed by atoms with van der Waals surface area (Å²) in [6.07, 6.45) is 1.44. The lowest BCUT2D eigenvalue weighted by molar-refractivity contribution is -0.137. The van der Waals surface area contributed by atoms with Crippen molar-refractivity contribution in [3.8, 4) is 0 Å². The molecular weight excluding hydrogens is 184 g/mol. The van der Waals surface area contributed by atoms with Crippen molar-refractivity contribution in [2.24, 2.45) is 0 Å². The molecule has 0 spiro atoms. The topological polar surface area (TPSA) is 44.8 Å². The number of methoxy groups -OCH3 is 1. The maximum absolute atomic E-state index is 11.0. The fraction of sp³-hybridized carbons (Fsp3) is 0.700. The molecule has 0 atom stereocenters. The molecule has 0 aliphatic heterocycles. The Morgan fingerprint density at radius 2 is 2.07 bits per heavy atom. The van der Waals surface area contributed by atoms with Gasteiger partial charge in [0.1, 0.15) is 0 Å². The van der Waals surface area contributed by atoms with Crippen LogP contribution in [0.4, 0.5) is 0 Å². The van der Waals surface area contributed by atoms with Crippen LogP contribution in [0.3, 0.4) is 0 Å². The van der Waals surface area contributed by atoms with Crippen LogP contribution >= 0.6 is 0 Å². The second-order valence-electron chi connectivity index (χ2n) is 2.79. The lowest BCUT2D eigenvalue weighted by Crippen LogP contribution is -2.06. The van der Waals surface area contributed by atoms with Crippen molar-refractivity contribution in [2.45, 2.75) is 13.8 Å². The third-order valence-electron chi connectivity index (χ3n) is 1.41. The van der Waals surface area contributed by atoms with Crippen LogP contribution < -0.4 is 0 Å². The van der Waals surface area contributed by atoms with Crippen LogP contribution in [0.15, 0.2) is 11.6 Å². The minimum atomic E-state index is -0.319. The minimum absolute atomic E-state index is 0.319. The minimum Gasteiger partial charge on any atom is -0.463 e. The average Bonchev–Trinajstić information content (AvgIpc) is 2.13. The molecule has 0 aromatic heterocycles. The van der Waals surface area contributed by atoms with Crippen molar-refractivity contribution < 1.29 is 19.0 Å². The van der Waals surface area contributed by atoms with E-state index in [1.807, 2.05) is 6.92 Å². The largest absolute Gasteiger partial charge is 0.463 e. The number of hydrogen-bond donors (Lipinski definition) is 0. The van der Waals surface area contributed by atoms with E-state index in [0.717, 1.165) is 5.57 Å². The Bertz CT molecular complexity index is 187. The Balaban J connectivity index is 3.60. The van der Waals surface area contributed by atoms with E-state index in [-0.39, 0.29) is 5.97 Å². The van der Waals surface area contributed by atoms with Crippen LogP contribution in [0.1, 0.15) is 13.8 Å². The highest BCUT2D eigenvalue weighted by Gasteiger charge is 1.97. The van der Waals surface area contributed by atoms with E-state index < -0.39 is 0 Å². The highest BCUT2D eigenvalue weighted by Crippen LogP contribution is 1.95. The fourth-order valence-electron chi connectivity index (χ4n) is 0.802. The molecule has 14 heavy (non-hydrogen) atoms. The number of hydrogen-bond acceptors (Lipinski definition) is 4. The van der Waals surface area contributed by atoms with Gasteiger partial charge in [-0.3, -0.25) is 0 Å². The molecule has 4 heteroatoms. The Hall–Kier alpha value is -0.870. The zero-order chi connectivity index (χ0) is 10.8. The molecule has 0 aromatic carbocycles. The summed E-state index contributed by atoms with van der Waals surface area (Å²) in [5, 5.41) is 0. The van der Waals surface area contributed by atoms with Gasteiger partial charge in [-0.05, 0) is 19.4 Å². The van der Waals surface area contributed by atoms with E-state index in [0.29, 0.717) is 26.4 Å². The van der Waals surface area contributed by atoms with Gasteiger partial charge in [-0.2, -0.15) is 0 Å². The molecule has 0 unspecified atom stereocenters. The van der Waals surface area contributed by atoms with E-state index in [9.17, 15) is 4.79 Å². The van der Waals surface area contributed by atoms with Crippen molar-refractivity contribution in [3.63, 3.8) is 0 Å². The summed E-state index contributed by atoms with van der Waals surface area (Å²) >= 11 is 0. The molecule has 0 rings (SSSR count). The fourth-order valence-corrected chi connectivity index (χ4v) is 0.802. The van der Waals surface area contributed by atoms with E-state index in [4.69, 9.17) is 14.2 Å². The highest BCUT2D eigenvalue weighted by molar-refractivity contribution is 5.82. The lowest BCUT2D eigenvalue weighted by atomic mass is 10.3. The van der Waals surface area contributed by atoms with Gasteiger partial charge in [-0.15, -0.1) is 0 Å². The Labute approximate surface area is 84.8 Å². The van der Waals surface area contributed by atoms with Gasteiger partial charge in [0.05, 0.1) is 26.4 Å². The second-order valence-corrected chi connectivity index (χ2v) is 2.79. The van der Waals surface area contributed by atoms with Crippen LogP contribution in [0, 0.1) is 0 Å². The molecule has 4 nitrogen and oxygen atoms in total. The zero-order valence-electron chi connectivity index (χ0n) is 9.04. The third-order valence-corrected chi connectivity index (χ3v) is 1.41. The molecule has 0 aromatic rings. The first-order valence-corrected chi connectivity index (χ1v) is 4.61. The van der Waals surface area contributed by atoms with Crippen molar-refractivity contribution in [3.05, 3.63) is 11.6 Å². The molecule has 0 N–H and O–H groups in total. The second kappa shape index (κ2) is 8.72. The molecule has 0 radical (unpaired) electrons. The number of esters is 1. The highest BCUT2D eigenvalue weighted by atomic mass is 16.5. The predicted molar refractivity (Wildman–Crippen MR) is 53.1 cm³/mol. The summed E-state index contributed by atoms with van der Waals surface area (Å²) < 4.78 is 14.8. The molecule has 0 aliphatic rings. The van der Waals surface area contributed by atoms with Crippen molar-refractivity contribution in [1.29, 1.82) is 0 Å². The number of ether oxygens (including phenoxy) is 3. The molecule has 0 amide bonds. The summed E-state index contributed by atoms with van der Waals surface area (Å²) in [4.78, 5) is 11.0. The summed E-state index contributed by atoms with van der Waals surface area (Å²) in [5.41, 5.74) is 0.847. The number of carbonyl (C=O) groups excluding carboxylic acids is 1. The smallest absolute Gasteiger partial charge is 0.330 e. The van der Waals surface area contributed by atoms with Gasteiger partial charge in [-0.1, -0.05) is 0 Å². The van der Waals surface area contributed by atoms with Gasteiger partial charge in [-0.25, -0.2) is 4.79 Å². The first kappa shape index (κ1) is 13.1. The van der Waals surface area contributed by atoms with Gasteiger partial charge in [0, 0.05) is 13.2 Å². The van der Waals surface area contributed by atoms with Crippen LogP contribution in [-0.4, -0.2) is 39.5 Å². The summed E-state index contributed by atoms with van der Waals surface area (Å²) in [6.45, 7) is 5.52. The van der Waals surface area contributed by atoms with Gasteiger partial charge in [0.15, 0.2) is 0 Å². The zero-order valence-corrected chi connectivity index (χ0v) is 9.04. The standard InChI is InChI=1S/C10H18O4/c1-4-14-10(11)7-9(2)8-13-6-5-12-3/h7H,4-6,8H2,1-3H3. The Morgan fingerprint density at radius 1 is 1.36 bits per heavy atom. The van der Waals surface area contributed by atoms with Crippen LogP contribution in [0.5, 0.6) is 0 Å².